The normalized spacial score (nSPS) is 17.3. The highest BCUT2D eigenvalue weighted by Crippen LogP contribution is 2.33. The van der Waals surface area contributed by atoms with Crippen LogP contribution in [-0.2, 0) is 17.6 Å². The first-order valence-corrected chi connectivity index (χ1v) is 6.53. The van der Waals surface area contributed by atoms with Crippen LogP contribution in [0.5, 0.6) is 5.75 Å². The molecule has 0 bridgehead atoms. The minimum Gasteiger partial charge on any atom is -0.497 e. The fourth-order valence-electron chi connectivity index (χ4n) is 3.01. The average molecular weight is 255 g/mol. The Morgan fingerprint density at radius 1 is 1.26 bits per heavy atom. The Morgan fingerprint density at radius 3 is 2.79 bits per heavy atom. The molecule has 0 aromatic heterocycles. The van der Waals surface area contributed by atoms with Crippen LogP contribution in [0.3, 0.4) is 0 Å². The lowest BCUT2D eigenvalue weighted by Crippen LogP contribution is -2.38. The van der Waals surface area contributed by atoms with Gasteiger partial charge in [-0.3, -0.25) is 4.79 Å². The highest BCUT2D eigenvalue weighted by Gasteiger charge is 2.21. The minimum absolute atomic E-state index is 0.0310. The maximum atomic E-state index is 11.3. The number of carbonyl (C=O) groups excluding carboxylic acids is 1. The fraction of sp³-hybridized carbons (Fsp3) is 0.312. The van der Waals surface area contributed by atoms with Crippen molar-refractivity contribution in [2.45, 2.75) is 25.8 Å². The van der Waals surface area contributed by atoms with Crippen LogP contribution in [0.4, 0.5) is 0 Å². The fourth-order valence-corrected chi connectivity index (χ4v) is 3.01. The van der Waals surface area contributed by atoms with Gasteiger partial charge in [0.25, 0.3) is 0 Å². The second kappa shape index (κ2) is 4.57. The molecule has 2 aromatic rings. The zero-order valence-corrected chi connectivity index (χ0v) is 11.2. The van der Waals surface area contributed by atoms with Gasteiger partial charge >= 0.3 is 0 Å². The first kappa shape index (κ1) is 12.0. The lowest BCUT2D eigenvalue weighted by Gasteiger charge is -2.26. The maximum absolute atomic E-state index is 11.3. The lowest BCUT2D eigenvalue weighted by atomic mass is 9.85. The van der Waals surface area contributed by atoms with Gasteiger partial charge in [-0.15, -0.1) is 0 Å². The van der Waals surface area contributed by atoms with Crippen molar-refractivity contribution in [1.82, 2.24) is 5.32 Å². The van der Waals surface area contributed by atoms with Crippen molar-refractivity contribution in [3.8, 4) is 5.75 Å². The number of rotatable bonds is 2. The van der Waals surface area contributed by atoms with E-state index < -0.39 is 0 Å². The van der Waals surface area contributed by atoms with Gasteiger partial charge in [-0.25, -0.2) is 0 Å². The summed E-state index contributed by atoms with van der Waals surface area (Å²) in [5.74, 6) is 0.909. The summed E-state index contributed by atoms with van der Waals surface area (Å²) in [6.07, 6.45) is 1.76. The number of nitrogens with one attached hydrogen (secondary N) is 1. The predicted molar refractivity (Wildman–Crippen MR) is 75.5 cm³/mol. The third kappa shape index (κ3) is 2.16. The molecule has 1 amide bonds. The maximum Gasteiger partial charge on any atom is 0.217 e. The molecule has 1 atom stereocenters. The first-order valence-electron chi connectivity index (χ1n) is 6.53. The molecule has 3 rings (SSSR count). The molecule has 2 aromatic carbocycles. The highest BCUT2D eigenvalue weighted by molar-refractivity contribution is 5.91. The van der Waals surface area contributed by atoms with E-state index in [-0.39, 0.29) is 11.9 Å². The molecule has 98 valence electrons. The first-order chi connectivity index (χ1) is 9.17. The Bertz CT molecular complexity index is 648. The molecule has 1 N–H and O–H groups in total. The average Bonchev–Trinajstić information content (AvgIpc) is 2.37. The van der Waals surface area contributed by atoms with Crippen molar-refractivity contribution in [1.29, 1.82) is 0 Å². The van der Waals surface area contributed by atoms with Crippen LogP contribution in [0.2, 0.25) is 0 Å². The van der Waals surface area contributed by atoms with Crippen molar-refractivity contribution >= 4 is 16.7 Å². The molecule has 0 saturated heterocycles. The molecule has 3 heteroatoms. The number of benzene rings is 2. The van der Waals surface area contributed by atoms with Crippen molar-refractivity contribution in [3.05, 3.63) is 41.5 Å². The SMILES string of the molecule is COc1cc2c3c(cccc3c1)CC(NC(C)=O)C2. The number of ether oxygens (including phenoxy) is 1. The molecule has 1 aliphatic rings. The Labute approximate surface area is 112 Å². The van der Waals surface area contributed by atoms with E-state index in [9.17, 15) is 4.79 Å². The molecule has 3 nitrogen and oxygen atoms in total. The number of hydrogen-bond donors (Lipinski definition) is 1. The highest BCUT2D eigenvalue weighted by atomic mass is 16.5. The zero-order chi connectivity index (χ0) is 13.4. The number of carbonyl (C=O) groups is 1. The molecular weight excluding hydrogens is 238 g/mol. The lowest BCUT2D eigenvalue weighted by molar-refractivity contribution is -0.119. The monoisotopic (exact) mass is 255 g/mol. The van der Waals surface area contributed by atoms with Gasteiger partial charge in [0.05, 0.1) is 7.11 Å². The van der Waals surface area contributed by atoms with Crippen LogP contribution in [0.25, 0.3) is 10.8 Å². The largest absolute Gasteiger partial charge is 0.497 e. The smallest absolute Gasteiger partial charge is 0.217 e. The second-order valence-electron chi connectivity index (χ2n) is 5.11. The minimum atomic E-state index is 0.0310. The van der Waals surface area contributed by atoms with Gasteiger partial charge in [0, 0.05) is 13.0 Å². The Morgan fingerprint density at radius 2 is 2.05 bits per heavy atom. The van der Waals surface area contributed by atoms with E-state index in [2.05, 4.69) is 35.6 Å². The van der Waals surface area contributed by atoms with Crippen LogP contribution in [0, 0.1) is 0 Å². The molecule has 0 saturated carbocycles. The van der Waals surface area contributed by atoms with E-state index >= 15 is 0 Å². The predicted octanol–water partition coefficient (Wildman–Crippen LogP) is 2.45. The molecule has 0 fully saturated rings. The molecule has 19 heavy (non-hydrogen) atoms. The van der Waals surface area contributed by atoms with Gasteiger partial charge in [0.15, 0.2) is 0 Å². The number of amides is 1. The van der Waals surface area contributed by atoms with Crippen molar-refractivity contribution in [2.24, 2.45) is 0 Å². The molecule has 0 radical (unpaired) electrons. The topological polar surface area (TPSA) is 38.3 Å². The third-order valence-corrected chi connectivity index (χ3v) is 3.69. The molecule has 0 aliphatic heterocycles. The van der Waals surface area contributed by atoms with E-state index in [1.54, 1.807) is 14.0 Å². The summed E-state index contributed by atoms with van der Waals surface area (Å²) in [7, 11) is 1.69. The molecular formula is C16H17NO2. The molecule has 0 spiro atoms. The van der Waals surface area contributed by atoms with E-state index in [0.29, 0.717) is 0 Å². The molecule has 1 aliphatic carbocycles. The van der Waals surface area contributed by atoms with Crippen LogP contribution in [0.1, 0.15) is 18.1 Å². The summed E-state index contributed by atoms with van der Waals surface area (Å²) >= 11 is 0. The summed E-state index contributed by atoms with van der Waals surface area (Å²) in [4.78, 5) is 11.3. The van der Waals surface area contributed by atoms with E-state index in [0.717, 1.165) is 18.6 Å². The van der Waals surface area contributed by atoms with Gasteiger partial charge in [-0.2, -0.15) is 0 Å². The molecule has 0 heterocycles. The second-order valence-corrected chi connectivity index (χ2v) is 5.11. The Kier molecular flexibility index (Phi) is 2.90. The third-order valence-electron chi connectivity index (χ3n) is 3.69. The van der Waals surface area contributed by atoms with Crippen LogP contribution in [0.15, 0.2) is 30.3 Å². The van der Waals surface area contributed by atoms with Crippen molar-refractivity contribution < 1.29 is 9.53 Å². The van der Waals surface area contributed by atoms with Gasteiger partial charge in [-0.05, 0) is 46.9 Å². The van der Waals surface area contributed by atoms with E-state index in [4.69, 9.17) is 4.74 Å². The quantitative estimate of drug-likeness (QED) is 0.895. The number of methoxy groups -OCH3 is 1. The summed E-state index contributed by atoms with van der Waals surface area (Å²) in [5.41, 5.74) is 2.56. The van der Waals surface area contributed by atoms with Crippen LogP contribution >= 0.6 is 0 Å². The standard InChI is InChI=1S/C16H17NO2/c1-10(18)17-14-6-11-4-3-5-12-8-15(19-2)9-13(7-14)16(11)12/h3-5,8-9,14H,6-7H2,1-2H3,(H,17,18). The number of hydrogen-bond acceptors (Lipinski definition) is 2. The van der Waals surface area contributed by atoms with E-state index in [1.807, 2.05) is 0 Å². The van der Waals surface area contributed by atoms with Crippen LogP contribution in [-0.4, -0.2) is 19.1 Å². The summed E-state index contributed by atoms with van der Waals surface area (Å²) in [6.45, 7) is 1.57. The van der Waals surface area contributed by atoms with Gasteiger partial charge in [0.1, 0.15) is 5.75 Å². The van der Waals surface area contributed by atoms with Crippen LogP contribution < -0.4 is 10.1 Å². The van der Waals surface area contributed by atoms with Gasteiger partial charge in [0.2, 0.25) is 5.91 Å². The van der Waals surface area contributed by atoms with Gasteiger partial charge < -0.3 is 10.1 Å². The Balaban J connectivity index is 2.10. The zero-order valence-electron chi connectivity index (χ0n) is 11.2. The van der Waals surface area contributed by atoms with Crippen molar-refractivity contribution in [2.75, 3.05) is 7.11 Å². The van der Waals surface area contributed by atoms with Gasteiger partial charge in [-0.1, -0.05) is 18.2 Å². The summed E-state index contributed by atoms with van der Waals surface area (Å²) in [5, 5.41) is 5.56. The Hall–Kier alpha value is -2.03. The molecule has 1 unspecified atom stereocenters. The van der Waals surface area contributed by atoms with E-state index in [1.165, 1.54) is 21.9 Å². The summed E-state index contributed by atoms with van der Waals surface area (Å²) in [6, 6.07) is 10.7. The summed E-state index contributed by atoms with van der Waals surface area (Å²) < 4.78 is 5.36. The van der Waals surface area contributed by atoms with Crippen molar-refractivity contribution in [3.63, 3.8) is 0 Å².